The summed E-state index contributed by atoms with van der Waals surface area (Å²) in [7, 11) is 0. The molecule has 2 rings (SSSR count). The molecule has 0 aromatic heterocycles. The second-order valence-electron chi connectivity index (χ2n) is 3.24. The Morgan fingerprint density at radius 2 is 1.80 bits per heavy atom. The first-order chi connectivity index (χ1) is 5.90. The van der Waals surface area contributed by atoms with Gasteiger partial charge in [-0.1, -0.05) is 19.4 Å². The van der Waals surface area contributed by atoms with E-state index >= 15 is 0 Å². The molecule has 2 aromatic carbocycles. The van der Waals surface area contributed by atoms with Crippen LogP contribution in [0.15, 0.2) is 36.4 Å². The Labute approximate surface area is 119 Å². The Balaban J connectivity index is 0. The van der Waals surface area contributed by atoms with E-state index in [9.17, 15) is 0 Å². The molecule has 0 aliphatic heterocycles. The van der Waals surface area contributed by atoms with E-state index in [0.29, 0.717) is 0 Å². The van der Waals surface area contributed by atoms with Crippen LogP contribution in [0.25, 0.3) is 10.8 Å². The number of fused-ring (bicyclic) bond motifs is 1. The fourth-order valence-electron chi connectivity index (χ4n) is 1.65. The van der Waals surface area contributed by atoms with Crippen molar-refractivity contribution in [3.05, 3.63) is 42.0 Å². The second-order valence-corrected chi connectivity index (χ2v) is 3.24. The van der Waals surface area contributed by atoms with Gasteiger partial charge in [0, 0.05) is 0 Å². The topological polar surface area (TPSA) is 0 Å². The van der Waals surface area contributed by atoms with Gasteiger partial charge in [0.05, 0.1) is 0 Å². The minimum absolute atomic E-state index is 0. The van der Waals surface area contributed by atoms with E-state index in [1.165, 1.54) is 29.2 Å². The molecule has 79 valence electrons. The fraction of sp³-hybridized carbons (Fsp3) is 0.250. The molecule has 0 aliphatic rings. The molecule has 0 nitrogen and oxygen atoms in total. The molecular formula is C12H13Cl2Ti. The van der Waals surface area contributed by atoms with Gasteiger partial charge >= 0.3 is 21.7 Å². The molecule has 0 unspecified atom stereocenters. The number of rotatable bonds is 2. The predicted molar refractivity (Wildman–Crippen MR) is 53.5 cm³/mol. The van der Waals surface area contributed by atoms with Crippen LogP contribution in [-0.2, 0) is 28.1 Å². The van der Waals surface area contributed by atoms with Crippen LogP contribution in [0.2, 0.25) is 0 Å². The summed E-state index contributed by atoms with van der Waals surface area (Å²) in [6.45, 7) is 2.22. The zero-order chi connectivity index (χ0) is 8.39. The normalized spacial score (nSPS) is 8.60. The summed E-state index contributed by atoms with van der Waals surface area (Å²) in [5.74, 6) is 0. The SMILES string of the molecule is CCCc1cc2ccccc2[cH-]1.[Cl-].[Cl-].[Ti+3]. The zero-order valence-corrected chi connectivity index (χ0v) is 11.7. The van der Waals surface area contributed by atoms with Crippen molar-refractivity contribution < 1.29 is 46.5 Å². The molecule has 0 amide bonds. The standard InChI is InChI=1S/C12H13.2ClH.Ti/c1-2-5-10-8-11-6-3-4-7-12(11)9-10;;;/h3-4,6-9H,2,5H2,1H3;2*1H;/q-1;;;+3/p-2. The van der Waals surface area contributed by atoms with Crippen molar-refractivity contribution in [1.29, 1.82) is 0 Å². The quantitative estimate of drug-likeness (QED) is 0.421. The minimum Gasteiger partial charge on any atom is -1.00 e. The Kier molecular flexibility index (Phi) is 9.69. The largest absolute Gasteiger partial charge is 3.00 e. The van der Waals surface area contributed by atoms with Gasteiger partial charge in [0.1, 0.15) is 0 Å². The molecule has 0 heterocycles. The van der Waals surface area contributed by atoms with E-state index in [4.69, 9.17) is 0 Å². The van der Waals surface area contributed by atoms with Crippen molar-refractivity contribution in [1.82, 2.24) is 0 Å². The van der Waals surface area contributed by atoms with Crippen molar-refractivity contribution in [3.63, 3.8) is 0 Å². The monoisotopic (exact) mass is 275 g/mol. The fourth-order valence-corrected chi connectivity index (χ4v) is 1.65. The Hall–Kier alpha value is 0.124. The summed E-state index contributed by atoms with van der Waals surface area (Å²) in [5, 5.41) is 2.75. The van der Waals surface area contributed by atoms with E-state index in [0.717, 1.165) is 0 Å². The molecule has 0 N–H and O–H groups in total. The maximum atomic E-state index is 2.29. The van der Waals surface area contributed by atoms with Gasteiger partial charge in [-0.05, 0) is 6.42 Å². The molecule has 0 bridgehead atoms. The molecule has 0 spiro atoms. The average molecular weight is 276 g/mol. The van der Waals surface area contributed by atoms with Crippen LogP contribution in [0.5, 0.6) is 0 Å². The summed E-state index contributed by atoms with van der Waals surface area (Å²) >= 11 is 0. The van der Waals surface area contributed by atoms with Gasteiger partial charge in [0.25, 0.3) is 0 Å². The first-order valence-electron chi connectivity index (χ1n) is 4.54. The molecule has 3 heteroatoms. The van der Waals surface area contributed by atoms with Gasteiger partial charge in [-0.15, -0.1) is 40.6 Å². The van der Waals surface area contributed by atoms with Gasteiger partial charge < -0.3 is 24.8 Å². The smallest absolute Gasteiger partial charge is 1.00 e. The Bertz CT molecular complexity index is 349. The summed E-state index contributed by atoms with van der Waals surface area (Å²) in [6.07, 6.45) is 2.44. The number of hydrogen-bond donors (Lipinski definition) is 0. The first kappa shape index (κ1) is 17.5. The van der Waals surface area contributed by atoms with Crippen LogP contribution in [-0.4, -0.2) is 0 Å². The average Bonchev–Trinajstić information content (AvgIpc) is 2.47. The van der Waals surface area contributed by atoms with E-state index < -0.39 is 0 Å². The van der Waals surface area contributed by atoms with E-state index in [-0.39, 0.29) is 46.5 Å². The zero-order valence-electron chi connectivity index (χ0n) is 8.63. The second kappa shape index (κ2) is 8.30. The van der Waals surface area contributed by atoms with Gasteiger partial charge in [-0.25, -0.2) is 0 Å². The van der Waals surface area contributed by atoms with E-state index in [2.05, 4.69) is 43.3 Å². The molecule has 1 radical (unpaired) electrons. The van der Waals surface area contributed by atoms with Gasteiger partial charge in [0.2, 0.25) is 0 Å². The van der Waals surface area contributed by atoms with Crippen molar-refractivity contribution in [3.8, 4) is 0 Å². The van der Waals surface area contributed by atoms with Crippen molar-refractivity contribution in [2.75, 3.05) is 0 Å². The summed E-state index contributed by atoms with van der Waals surface area (Å²) < 4.78 is 0. The molecule has 0 saturated carbocycles. The maximum absolute atomic E-state index is 2.29. The molecule has 0 saturated heterocycles. The van der Waals surface area contributed by atoms with Crippen LogP contribution in [0.3, 0.4) is 0 Å². The number of benzene rings is 1. The van der Waals surface area contributed by atoms with Crippen LogP contribution < -0.4 is 24.8 Å². The number of aryl methyl sites for hydroxylation is 1. The third-order valence-electron chi connectivity index (χ3n) is 2.22. The van der Waals surface area contributed by atoms with Crippen molar-refractivity contribution in [2.45, 2.75) is 19.8 Å². The van der Waals surface area contributed by atoms with Gasteiger partial charge in [0.15, 0.2) is 0 Å². The molecule has 0 atom stereocenters. The summed E-state index contributed by atoms with van der Waals surface area (Å²) in [5.41, 5.74) is 1.47. The number of halogens is 2. The van der Waals surface area contributed by atoms with Crippen molar-refractivity contribution in [2.24, 2.45) is 0 Å². The van der Waals surface area contributed by atoms with E-state index in [1.807, 2.05) is 0 Å². The third-order valence-corrected chi connectivity index (χ3v) is 2.22. The van der Waals surface area contributed by atoms with Crippen LogP contribution >= 0.6 is 0 Å². The molecule has 15 heavy (non-hydrogen) atoms. The van der Waals surface area contributed by atoms with Crippen LogP contribution in [0, 0.1) is 0 Å². The molecule has 0 fully saturated rings. The summed E-state index contributed by atoms with van der Waals surface area (Å²) in [4.78, 5) is 0. The third kappa shape index (κ3) is 4.24. The molecule has 0 aliphatic carbocycles. The minimum atomic E-state index is 0. The van der Waals surface area contributed by atoms with Crippen LogP contribution in [0.1, 0.15) is 18.9 Å². The van der Waals surface area contributed by atoms with Crippen molar-refractivity contribution >= 4 is 10.8 Å². The van der Waals surface area contributed by atoms with Crippen LogP contribution in [0.4, 0.5) is 0 Å². The first-order valence-corrected chi connectivity index (χ1v) is 4.54. The maximum Gasteiger partial charge on any atom is 3.00 e. The Morgan fingerprint density at radius 3 is 2.40 bits per heavy atom. The van der Waals surface area contributed by atoms with Gasteiger partial charge in [-0.3, -0.25) is 0 Å². The molecule has 2 aromatic rings. The molecular weight excluding hydrogens is 263 g/mol. The van der Waals surface area contributed by atoms with E-state index in [1.54, 1.807) is 0 Å². The number of hydrogen-bond acceptors (Lipinski definition) is 0. The predicted octanol–water partition coefficient (Wildman–Crippen LogP) is -2.48. The summed E-state index contributed by atoms with van der Waals surface area (Å²) in [6, 6.07) is 13.1. The Morgan fingerprint density at radius 1 is 1.13 bits per heavy atom. The van der Waals surface area contributed by atoms with Gasteiger partial charge in [-0.2, -0.15) is 6.07 Å².